The number of aromatic nitrogens is 1. The summed E-state index contributed by atoms with van der Waals surface area (Å²) in [5.74, 6) is 0.568. The van der Waals surface area contributed by atoms with E-state index in [4.69, 9.17) is 9.26 Å². The number of hydrogen-bond acceptors (Lipinski definition) is 5. The highest BCUT2D eigenvalue weighted by Crippen LogP contribution is 2.18. The van der Waals surface area contributed by atoms with Crippen LogP contribution in [0.25, 0.3) is 0 Å². The van der Waals surface area contributed by atoms with Gasteiger partial charge in [0.05, 0.1) is 18.2 Å². The summed E-state index contributed by atoms with van der Waals surface area (Å²) >= 11 is 0. The molecule has 7 nitrogen and oxygen atoms in total. The van der Waals surface area contributed by atoms with E-state index in [2.05, 4.69) is 5.16 Å². The fourth-order valence-corrected chi connectivity index (χ4v) is 2.48. The number of amides is 2. The Kier molecular flexibility index (Phi) is 2.88. The van der Waals surface area contributed by atoms with Crippen molar-refractivity contribution in [2.24, 2.45) is 0 Å². The number of carbonyl (C=O) groups excluding carboxylic acids is 2. The van der Waals surface area contributed by atoms with Gasteiger partial charge in [-0.2, -0.15) is 0 Å². The summed E-state index contributed by atoms with van der Waals surface area (Å²) in [5.41, 5.74) is 0.766. The standard InChI is InChI=1S/C12H15N3O4/c1-8-4-10(19-13-8)5-11(16)14-2-3-15-9(6-14)7-18-12(15)17/h4,9H,2-3,5-7H2,1H3/t9-/m1/s1. The first-order valence-electron chi connectivity index (χ1n) is 6.27. The molecule has 2 fully saturated rings. The highest BCUT2D eigenvalue weighted by molar-refractivity contribution is 5.79. The first-order chi connectivity index (χ1) is 9.13. The second-order valence-corrected chi connectivity index (χ2v) is 4.88. The topological polar surface area (TPSA) is 75.9 Å². The van der Waals surface area contributed by atoms with Crippen molar-refractivity contribution in [1.29, 1.82) is 0 Å². The van der Waals surface area contributed by atoms with Crippen molar-refractivity contribution < 1.29 is 18.8 Å². The van der Waals surface area contributed by atoms with Gasteiger partial charge in [0.2, 0.25) is 5.91 Å². The van der Waals surface area contributed by atoms with Gasteiger partial charge in [-0.25, -0.2) is 4.79 Å². The van der Waals surface area contributed by atoms with E-state index in [1.54, 1.807) is 15.9 Å². The molecule has 3 heterocycles. The van der Waals surface area contributed by atoms with Crippen molar-refractivity contribution >= 4 is 12.0 Å². The van der Waals surface area contributed by atoms with E-state index < -0.39 is 0 Å². The molecule has 0 radical (unpaired) electrons. The fraction of sp³-hybridized carbons (Fsp3) is 0.583. The van der Waals surface area contributed by atoms with Crippen LogP contribution in [0.15, 0.2) is 10.6 Å². The van der Waals surface area contributed by atoms with E-state index in [0.29, 0.717) is 32.0 Å². The van der Waals surface area contributed by atoms with Gasteiger partial charge in [-0.05, 0) is 6.92 Å². The molecular formula is C12H15N3O4. The van der Waals surface area contributed by atoms with Crippen molar-refractivity contribution in [3.8, 4) is 0 Å². The maximum absolute atomic E-state index is 12.1. The van der Waals surface area contributed by atoms with E-state index in [-0.39, 0.29) is 24.5 Å². The van der Waals surface area contributed by atoms with Gasteiger partial charge in [0.1, 0.15) is 12.4 Å². The van der Waals surface area contributed by atoms with E-state index in [1.165, 1.54) is 0 Å². The molecular weight excluding hydrogens is 250 g/mol. The van der Waals surface area contributed by atoms with Gasteiger partial charge >= 0.3 is 6.09 Å². The number of cyclic esters (lactones) is 1. The summed E-state index contributed by atoms with van der Waals surface area (Å²) in [6, 6.07) is 1.75. The monoisotopic (exact) mass is 265 g/mol. The van der Waals surface area contributed by atoms with Gasteiger partial charge in [-0.1, -0.05) is 5.16 Å². The third-order valence-corrected chi connectivity index (χ3v) is 3.47. The third-order valence-electron chi connectivity index (χ3n) is 3.47. The van der Waals surface area contributed by atoms with Crippen LogP contribution in [0.1, 0.15) is 11.5 Å². The zero-order valence-electron chi connectivity index (χ0n) is 10.7. The van der Waals surface area contributed by atoms with Gasteiger partial charge in [-0.3, -0.25) is 9.69 Å². The highest BCUT2D eigenvalue weighted by atomic mass is 16.6. The van der Waals surface area contributed by atoms with Crippen LogP contribution in [0.5, 0.6) is 0 Å². The molecule has 0 bridgehead atoms. The quantitative estimate of drug-likeness (QED) is 0.763. The lowest BCUT2D eigenvalue weighted by atomic mass is 10.2. The summed E-state index contributed by atoms with van der Waals surface area (Å²) in [4.78, 5) is 26.9. The summed E-state index contributed by atoms with van der Waals surface area (Å²) < 4.78 is 10.0. The molecule has 2 saturated heterocycles. The first-order valence-corrected chi connectivity index (χ1v) is 6.27. The summed E-state index contributed by atoms with van der Waals surface area (Å²) in [6.45, 7) is 3.78. The van der Waals surface area contributed by atoms with Gasteiger partial charge < -0.3 is 14.2 Å². The zero-order valence-corrected chi connectivity index (χ0v) is 10.7. The summed E-state index contributed by atoms with van der Waals surface area (Å²) in [6.07, 6.45) is -0.0644. The number of rotatable bonds is 2. The molecule has 102 valence electrons. The van der Waals surface area contributed by atoms with Crippen LogP contribution in [0.3, 0.4) is 0 Å². The smallest absolute Gasteiger partial charge is 0.410 e. The van der Waals surface area contributed by atoms with Crippen LogP contribution in [0.4, 0.5) is 4.79 Å². The van der Waals surface area contributed by atoms with Crippen molar-refractivity contribution in [2.75, 3.05) is 26.2 Å². The van der Waals surface area contributed by atoms with Crippen LogP contribution in [-0.4, -0.2) is 59.2 Å². The van der Waals surface area contributed by atoms with Crippen LogP contribution in [-0.2, 0) is 16.0 Å². The molecule has 0 aromatic carbocycles. The molecule has 2 aliphatic rings. The molecule has 2 amide bonds. The first kappa shape index (κ1) is 12.0. The molecule has 1 aromatic rings. The second-order valence-electron chi connectivity index (χ2n) is 4.88. The minimum Gasteiger partial charge on any atom is -0.447 e. The van der Waals surface area contributed by atoms with Crippen molar-refractivity contribution in [3.63, 3.8) is 0 Å². The predicted molar refractivity (Wildman–Crippen MR) is 63.4 cm³/mol. The van der Waals surface area contributed by atoms with Crippen molar-refractivity contribution in [3.05, 3.63) is 17.5 Å². The molecule has 0 aliphatic carbocycles. The summed E-state index contributed by atoms with van der Waals surface area (Å²) in [7, 11) is 0. The average Bonchev–Trinajstić information content (AvgIpc) is 2.96. The minimum absolute atomic E-state index is 0.00449. The number of nitrogens with zero attached hydrogens (tertiary/aromatic N) is 3. The Bertz CT molecular complexity index is 513. The molecule has 7 heteroatoms. The van der Waals surface area contributed by atoms with Crippen molar-refractivity contribution in [1.82, 2.24) is 15.0 Å². The highest BCUT2D eigenvalue weighted by Gasteiger charge is 2.38. The average molecular weight is 265 g/mol. The Hall–Kier alpha value is -2.05. The lowest BCUT2D eigenvalue weighted by Gasteiger charge is -2.35. The Morgan fingerprint density at radius 1 is 1.53 bits per heavy atom. The lowest BCUT2D eigenvalue weighted by Crippen LogP contribution is -2.54. The van der Waals surface area contributed by atoms with Crippen molar-refractivity contribution in [2.45, 2.75) is 19.4 Å². The van der Waals surface area contributed by atoms with Gasteiger partial charge in [0, 0.05) is 25.7 Å². The molecule has 1 aromatic heterocycles. The van der Waals surface area contributed by atoms with Crippen LogP contribution >= 0.6 is 0 Å². The minimum atomic E-state index is -0.275. The van der Waals surface area contributed by atoms with Gasteiger partial charge in [0.15, 0.2) is 0 Å². The lowest BCUT2D eigenvalue weighted by molar-refractivity contribution is -0.132. The molecule has 0 spiro atoms. The maximum Gasteiger partial charge on any atom is 0.410 e. The number of carbonyl (C=O) groups is 2. The number of ether oxygens (including phenoxy) is 1. The van der Waals surface area contributed by atoms with Gasteiger partial charge in [0.25, 0.3) is 0 Å². The normalized spacial score (nSPS) is 22.4. The van der Waals surface area contributed by atoms with Crippen LogP contribution in [0.2, 0.25) is 0 Å². The van der Waals surface area contributed by atoms with Gasteiger partial charge in [-0.15, -0.1) is 0 Å². The number of hydrogen-bond donors (Lipinski definition) is 0. The maximum atomic E-state index is 12.1. The molecule has 3 rings (SSSR count). The van der Waals surface area contributed by atoms with E-state index >= 15 is 0 Å². The molecule has 0 N–H and O–H groups in total. The van der Waals surface area contributed by atoms with Crippen LogP contribution < -0.4 is 0 Å². The second kappa shape index (κ2) is 4.56. The Labute approximate surface area is 110 Å². The fourth-order valence-electron chi connectivity index (χ4n) is 2.48. The molecule has 0 saturated carbocycles. The SMILES string of the molecule is Cc1cc(CC(=O)N2CCN3C(=O)OC[C@H]3C2)on1. The Balaban J connectivity index is 1.61. The zero-order chi connectivity index (χ0) is 13.4. The molecule has 1 atom stereocenters. The molecule has 0 unspecified atom stereocenters. The Morgan fingerprint density at radius 2 is 2.37 bits per heavy atom. The van der Waals surface area contributed by atoms with E-state index in [9.17, 15) is 9.59 Å². The van der Waals surface area contributed by atoms with Crippen LogP contribution in [0, 0.1) is 6.92 Å². The molecule has 2 aliphatic heterocycles. The number of aryl methyl sites for hydroxylation is 1. The predicted octanol–water partition coefficient (Wildman–Crippen LogP) is 0.189. The van der Waals surface area contributed by atoms with E-state index in [1.807, 2.05) is 6.92 Å². The number of piperazine rings is 1. The van der Waals surface area contributed by atoms with E-state index in [0.717, 1.165) is 5.69 Å². The Morgan fingerprint density at radius 3 is 3.11 bits per heavy atom. The third kappa shape index (κ3) is 2.27. The molecule has 19 heavy (non-hydrogen) atoms. The number of fused-ring (bicyclic) bond motifs is 1. The largest absolute Gasteiger partial charge is 0.447 e. The summed E-state index contributed by atoms with van der Waals surface area (Å²) in [5, 5.41) is 3.76.